The van der Waals surface area contributed by atoms with E-state index in [9.17, 15) is 13.2 Å². The van der Waals surface area contributed by atoms with Gasteiger partial charge < -0.3 is 4.90 Å². The van der Waals surface area contributed by atoms with Gasteiger partial charge in [-0.25, -0.2) is 13.4 Å². The third-order valence-electron chi connectivity index (χ3n) is 4.24. The number of halogens is 1. The quantitative estimate of drug-likeness (QED) is 0.515. The van der Waals surface area contributed by atoms with E-state index in [0.717, 1.165) is 17.1 Å². The van der Waals surface area contributed by atoms with E-state index >= 15 is 0 Å². The van der Waals surface area contributed by atoms with Crippen molar-refractivity contribution >= 4 is 43.4 Å². The predicted octanol–water partition coefficient (Wildman–Crippen LogP) is 2.15. The van der Waals surface area contributed by atoms with Crippen molar-refractivity contribution in [1.82, 2.24) is 4.98 Å². The first-order valence-electron chi connectivity index (χ1n) is 7.39. The molecule has 1 saturated carbocycles. The Morgan fingerprint density at radius 3 is 2.39 bits per heavy atom. The molecule has 2 unspecified atom stereocenters. The third-order valence-corrected chi connectivity index (χ3v) is 5.93. The molecule has 0 amide bonds. The summed E-state index contributed by atoms with van der Waals surface area (Å²) in [5, 5.41) is 0.182. The number of rotatable bonds is 7. The Morgan fingerprint density at radius 2 is 1.91 bits per heavy atom. The van der Waals surface area contributed by atoms with Crippen LogP contribution in [0.3, 0.4) is 0 Å². The molecule has 0 aliphatic heterocycles. The maximum absolute atomic E-state index is 12.0. The first-order chi connectivity index (χ1) is 10.6. The zero-order chi connectivity index (χ0) is 17.4. The fraction of sp³-hybridized carbons (Fsp3) is 0.600. The molecule has 0 bridgehead atoms. The fourth-order valence-electron chi connectivity index (χ4n) is 2.37. The van der Waals surface area contributed by atoms with Crippen molar-refractivity contribution in [3.8, 4) is 0 Å². The lowest BCUT2D eigenvalue weighted by molar-refractivity contribution is 0.102. The number of hydrogen-bond donors (Lipinski definition) is 0. The molecule has 8 heteroatoms. The lowest BCUT2D eigenvalue weighted by Gasteiger charge is -2.22. The minimum absolute atomic E-state index is 0.106. The Balaban J connectivity index is 2.38. The van der Waals surface area contributed by atoms with Crippen LogP contribution in [0.5, 0.6) is 0 Å². The van der Waals surface area contributed by atoms with Crippen LogP contribution in [0.4, 0.5) is 11.6 Å². The SMILES string of the molecule is CC1CC1CN(C)c1cc(C(=O)CBr)cc(N(C)S(C)(=O)=O)n1. The Labute approximate surface area is 146 Å². The highest BCUT2D eigenvalue weighted by atomic mass is 79.9. The summed E-state index contributed by atoms with van der Waals surface area (Å²) in [6.07, 6.45) is 2.31. The number of anilines is 2. The number of aromatic nitrogens is 1. The number of alkyl halides is 1. The molecule has 2 atom stereocenters. The molecular weight excluding hydrogens is 382 g/mol. The van der Waals surface area contributed by atoms with Gasteiger partial charge in [0.05, 0.1) is 11.6 Å². The third kappa shape index (κ3) is 4.44. The van der Waals surface area contributed by atoms with Crippen LogP contribution in [0.2, 0.25) is 0 Å². The van der Waals surface area contributed by atoms with Gasteiger partial charge in [-0.2, -0.15) is 0 Å². The fourth-order valence-corrected chi connectivity index (χ4v) is 3.12. The van der Waals surface area contributed by atoms with Gasteiger partial charge in [0.25, 0.3) is 0 Å². The molecule has 23 heavy (non-hydrogen) atoms. The maximum atomic E-state index is 12.0. The summed E-state index contributed by atoms with van der Waals surface area (Å²) in [5.41, 5.74) is 0.452. The molecule has 1 aliphatic carbocycles. The van der Waals surface area contributed by atoms with E-state index in [1.807, 2.05) is 11.9 Å². The van der Waals surface area contributed by atoms with E-state index in [-0.39, 0.29) is 16.9 Å². The Hall–Kier alpha value is -1.15. The molecule has 0 N–H and O–H groups in total. The highest BCUT2D eigenvalue weighted by molar-refractivity contribution is 9.09. The van der Waals surface area contributed by atoms with E-state index < -0.39 is 10.0 Å². The summed E-state index contributed by atoms with van der Waals surface area (Å²) in [5.74, 6) is 2.10. The van der Waals surface area contributed by atoms with Crippen LogP contribution in [0.25, 0.3) is 0 Å². The van der Waals surface area contributed by atoms with Gasteiger partial charge in [-0.05, 0) is 30.4 Å². The number of ketones is 1. The zero-order valence-electron chi connectivity index (χ0n) is 13.8. The largest absolute Gasteiger partial charge is 0.359 e. The number of carbonyl (C=O) groups excluding carboxylic acids is 1. The number of nitrogens with zero attached hydrogens (tertiary/aromatic N) is 3. The molecular formula is C15H22BrN3O3S. The average molecular weight is 404 g/mol. The van der Waals surface area contributed by atoms with Gasteiger partial charge in [-0.1, -0.05) is 22.9 Å². The molecule has 128 valence electrons. The van der Waals surface area contributed by atoms with Crippen LogP contribution >= 0.6 is 15.9 Å². The minimum Gasteiger partial charge on any atom is -0.359 e. The van der Waals surface area contributed by atoms with Crippen LogP contribution < -0.4 is 9.21 Å². The van der Waals surface area contributed by atoms with E-state index in [0.29, 0.717) is 23.2 Å². The molecule has 0 spiro atoms. The molecule has 6 nitrogen and oxygen atoms in total. The molecule has 0 saturated heterocycles. The van der Waals surface area contributed by atoms with E-state index in [4.69, 9.17) is 0 Å². The lowest BCUT2D eigenvalue weighted by Crippen LogP contribution is -2.28. The topological polar surface area (TPSA) is 70.6 Å². The lowest BCUT2D eigenvalue weighted by atomic mass is 10.2. The summed E-state index contributed by atoms with van der Waals surface area (Å²) in [7, 11) is -0.0838. The van der Waals surface area contributed by atoms with Crippen molar-refractivity contribution in [3.63, 3.8) is 0 Å². The normalized spacial score (nSPS) is 20.2. The number of hydrogen-bond acceptors (Lipinski definition) is 5. The molecule has 0 aromatic carbocycles. The molecule has 1 aliphatic rings. The maximum Gasteiger partial charge on any atom is 0.233 e. The smallest absolute Gasteiger partial charge is 0.233 e. The highest BCUT2D eigenvalue weighted by Gasteiger charge is 2.33. The second-order valence-corrected chi connectivity index (χ2v) is 8.79. The Bertz CT molecular complexity index is 708. The van der Waals surface area contributed by atoms with Gasteiger partial charge in [0.1, 0.15) is 11.6 Å². The average Bonchev–Trinajstić information content (AvgIpc) is 3.19. The molecule has 1 fully saturated rings. The van der Waals surface area contributed by atoms with Crippen LogP contribution in [0, 0.1) is 11.8 Å². The van der Waals surface area contributed by atoms with Crippen LogP contribution in [0.1, 0.15) is 23.7 Å². The summed E-state index contributed by atoms with van der Waals surface area (Å²) in [6.45, 7) is 3.06. The Morgan fingerprint density at radius 1 is 1.35 bits per heavy atom. The predicted molar refractivity (Wildman–Crippen MR) is 96.1 cm³/mol. The van der Waals surface area contributed by atoms with Gasteiger partial charge in [-0.15, -0.1) is 0 Å². The summed E-state index contributed by atoms with van der Waals surface area (Å²) < 4.78 is 24.6. The van der Waals surface area contributed by atoms with Gasteiger partial charge in [-0.3, -0.25) is 9.10 Å². The van der Waals surface area contributed by atoms with Crippen molar-refractivity contribution in [2.24, 2.45) is 11.8 Å². The van der Waals surface area contributed by atoms with Gasteiger partial charge >= 0.3 is 0 Å². The van der Waals surface area contributed by atoms with Gasteiger partial charge in [0.2, 0.25) is 10.0 Å². The standard InChI is InChI=1S/C15H22BrN3O3S/c1-10-5-12(10)9-18(2)14-6-11(13(20)8-16)7-15(17-14)19(3)23(4,21)22/h6-7,10,12H,5,8-9H2,1-4H3. The van der Waals surface area contributed by atoms with Crippen molar-refractivity contribution < 1.29 is 13.2 Å². The minimum atomic E-state index is -3.44. The number of carbonyl (C=O) groups is 1. The zero-order valence-corrected chi connectivity index (χ0v) is 16.2. The molecule has 1 aromatic rings. The van der Waals surface area contributed by atoms with Crippen molar-refractivity contribution in [1.29, 1.82) is 0 Å². The summed E-state index contributed by atoms with van der Waals surface area (Å²) in [6, 6.07) is 3.23. The van der Waals surface area contributed by atoms with Gasteiger partial charge in [0, 0.05) is 26.2 Å². The van der Waals surface area contributed by atoms with E-state index in [1.54, 1.807) is 6.07 Å². The Kier molecular flexibility index (Phi) is 5.35. The second-order valence-electron chi connectivity index (χ2n) is 6.21. The van der Waals surface area contributed by atoms with Crippen LogP contribution in [-0.2, 0) is 10.0 Å². The molecule has 0 radical (unpaired) electrons. The summed E-state index contributed by atoms with van der Waals surface area (Å²) in [4.78, 5) is 18.5. The monoisotopic (exact) mass is 403 g/mol. The van der Waals surface area contributed by atoms with Gasteiger partial charge in [0.15, 0.2) is 5.78 Å². The number of Topliss-reactive ketones (excluding diaryl/α,β-unsaturated/α-hetero) is 1. The number of sulfonamides is 1. The first-order valence-corrected chi connectivity index (χ1v) is 10.4. The van der Waals surface area contributed by atoms with Crippen molar-refractivity contribution in [2.75, 3.05) is 41.4 Å². The van der Waals surface area contributed by atoms with E-state index in [1.165, 1.54) is 19.5 Å². The van der Waals surface area contributed by atoms with E-state index in [2.05, 4.69) is 27.8 Å². The molecule has 2 rings (SSSR count). The molecule has 1 heterocycles. The summed E-state index contributed by atoms with van der Waals surface area (Å²) >= 11 is 3.16. The van der Waals surface area contributed by atoms with Crippen LogP contribution in [-0.4, -0.2) is 51.4 Å². The van der Waals surface area contributed by atoms with Crippen molar-refractivity contribution in [3.05, 3.63) is 17.7 Å². The first kappa shape index (κ1) is 18.2. The second kappa shape index (κ2) is 6.76. The number of pyridine rings is 1. The van der Waals surface area contributed by atoms with Crippen LogP contribution in [0.15, 0.2) is 12.1 Å². The molecule has 1 aromatic heterocycles. The highest BCUT2D eigenvalue weighted by Crippen LogP contribution is 2.38. The van der Waals surface area contributed by atoms with Crippen molar-refractivity contribution in [2.45, 2.75) is 13.3 Å².